The molecule has 1 aromatic carbocycles. The zero-order valence-corrected chi connectivity index (χ0v) is 17.9. The predicted molar refractivity (Wildman–Crippen MR) is 114 cm³/mol. The summed E-state index contributed by atoms with van der Waals surface area (Å²) in [6.07, 6.45) is 3.65. The van der Waals surface area contributed by atoms with Crippen molar-refractivity contribution in [2.45, 2.75) is 19.9 Å². The molecule has 0 radical (unpaired) electrons. The summed E-state index contributed by atoms with van der Waals surface area (Å²) >= 11 is 0. The largest absolute Gasteiger partial charge is 0.368 e. The van der Waals surface area contributed by atoms with Gasteiger partial charge in [-0.2, -0.15) is 5.10 Å². The van der Waals surface area contributed by atoms with Crippen molar-refractivity contribution in [2.75, 3.05) is 38.1 Å². The Morgan fingerprint density at radius 1 is 1.15 bits per heavy atom. The fourth-order valence-electron chi connectivity index (χ4n) is 3.45. The van der Waals surface area contributed by atoms with Crippen LogP contribution >= 0.6 is 24.8 Å². The molecule has 0 saturated carbocycles. The molecule has 1 amide bonds. The van der Waals surface area contributed by atoms with E-state index < -0.39 is 0 Å². The number of aromatic nitrogens is 2. The van der Waals surface area contributed by atoms with Crippen LogP contribution in [0.25, 0.3) is 0 Å². The van der Waals surface area contributed by atoms with Crippen molar-refractivity contribution in [2.24, 2.45) is 7.05 Å². The molecule has 0 spiro atoms. The van der Waals surface area contributed by atoms with Crippen LogP contribution in [0.5, 0.6) is 0 Å². The molecule has 0 bridgehead atoms. The van der Waals surface area contributed by atoms with Gasteiger partial charge in [0.15, 0.2) is 0 Å². The highest BCUT2D eigenvalue weighted by molar-refractivity contribution is 5.85. The van der Waals surface area contributed by atoms with E-state index in [1.165, 1.54) is 16.8 Å². The molecule has 1 unspecified atom stereocenters. The molecule has 1 aliphatic rings. The third-order valence-electron chi connectivity index (χ3n) is 5.10. The lowest BCUT2D eigenvalue weighted by atomic mass is 10.1. The van der Waals surface area contributed by atoms with Gasteiger partial charge in [-0.25, -0.2) is 0 Å². The summed E-state index contributed by atoms with van der Waals surface area (Å²) in [5, 5.41) is 7.31. The van der Waals surface area contributed by atoms with Gasteiger partial charge in [0, 0.05) is 50.7 Å². The van der Waals surface area contributed by atoms with E-state index in [1.807, 2.05) is 25.2 Å². The van der Waals surface area contributed by atoms with Crippen LogP contribution in [0.2, 0.25) is 0 Å². The summed E-state index contributed by atoms with van der Waals surface area (Å²) in [6.45, 7) is 7.51. The lowest BCUT2D eigenvalue weighted by Crippen LogP contribution is -2.51. The number of anilines is 1. The Labute approximate surface area is 173 Å². The molecule has 8 heteroatoms. The molecule has 1 aromatic heterocycles. The molecular weight excluding hydrogens is 385 g/mol. The first-order chi connectivity index (χ1) is 12.0. The van der Waals surface area contributed by atoms with Gasteiger partial charge >= 0.3 is 0 Å². The zero-order chi connectivity index (χ0) is 18.0. The van der Waals surface area contributed by atoms with Crippen LogP contribution < -0.4 is 10.2 Å². The van der Waals surface area contributed by atoms with Gasteiger partial charge < -0.3 is 15.1 Å². The topological polar surface area (TPSA) is 53.4 Å². The number of amides is 1. The SMILES string of the molecule is CNC(C(=O)N1CCN(c2cccc(C)c2C)CC1)c1cnn(C)c1.Cl.Cl. The molecule has 1 atom stereocenters. The van der Waals surface area contributed by atoms with Gasteiger partial charge in [-0.05, 0) is 38.1 Å². The standard InChI is InChI=1S/C19H27N5O.2ClH/c1-14-6-5-7-17(15(14)2)23-8-10-24(11-9-23)19(25)18(20-3)16-12-21-22(4)13-16;;/h5-7,12-13,18,20H,8-11H2,1-4H3;2*1H. The predicted octanol–water partition coefficient (Wildman–Crippen LogP) is 2.49. The molecule has 2 heterocycles. The monoisotopic (exact) mass is 413 g/mol. The average molecular weight is 414 g/mol. The number of halogens is 2. The van der Waals surface area contributed by atoms with Crippen LogP contribution in [0.4, 0.5) is 5.69 Å². The molecule has 27 heavy (non-hydrogen) atoms. The van der Waals surface area contributed by atoms with E-state index >= 15 is 0 Å². The first kappa shape index (κ1) is 23.3. The van der Waals surface area contributed by atoms with Crippen molar-refractivity contribution in [3.8, 4) is 0 Å². The molecule has 0 aliphatic carbocycles. The Morgan fingerprint density at radius 2 is 1.81 bits per heavy atom. The Bertz CT molecular complexity index is 756. The second-order valence-electron chi connectivity index (χ2n) is 6.70. The number of rotatable bonds is 4. The van der Waals surface area contributed by atoms with Crippen molar-refractivity contribution in [3.63, 3.8) is 0 Å². The summed E-state index contributed by atoms with van der Waals surface area (Å²) in [5.74, 6) is 0.121. The molecule has 1 N–H and O–H groups in total. The fraction of sp³-hybridized carbons (Fsp3) is 0.474. The highest BCUT2D eigenvalue weighted by atomic mass is 35.5. The molecule has 1 aliphatic heterocycles. The van der Waals surface area contributed by atoms with E-state index in [9.17, 15) is 4.79 Å². The smallest absolute Gasteiger partial charge is 0.244 e. The van der Waals surface area contributed by atoms with E-state index in [2.05, 4.69) is 47.4 Å². The van der Waals surface area contributed by atoms with Gasteiger partial charge in [-0.15, -0.1) is 24.8 Å². The summed E-state index contributed by atoms with van der Waals surface area (Å²) in [6, 6.07) is 6.09. The lowest BCUT2D eigenvalue weighted by Gasteiger charge is -2.38. The van der Waals surface area contributed by atoms with Crippen molar-refractivity contribution < 1.29 is 4.79 Å². The molecule has 6 nitrogen and oxygen atoms in total. The number of benzene rings is 1. The number of carbonyl (C=O) groups is 1. The number of piperazine rings is 1. The number of hydrogen-bond donors (Lipinski definition) is 1. The molecule has 1 saturated heterocycles. The Morgan fingerprint density at radius 3 is 2.37 bits per heavy atom. The maximum absolute atomic E-state index is 12.9. The van der Waals surface area contributed by atoms with E-state index in [-0.39, 0.29) is 36.8 Å². The van der Waals surface area contributed by atoms with Crippen molar-refractivity contribution in [1.82, 2.24) is 20.0 Å². The average Bonchev–Trinajstić information content (AvgIpc) is 3.04. The number of likely N-dealkylation sites (N-methyl/N-ethyl adjacent to an activating group) is 1. The molecule has 2 aromatic rings. The highest BCUT2D eigenvalue weighted by Gasteiger charge is 2.28. The summed E-state index contributed by atoms with van der Waals surface area (Å²) in [5.41, 5.74) is 4.82. The van der Waals surface area contributed by atoms with Crippen LogP contribution in [-0.2, 0) is 11.8 Å². The van der Waals surface area contributed by atoms with Crippen LogP contribution in [0.1, 0.15) is 22.7 Å². The van der Waals surface area contributed by atoms with Gasteiger partial charge in [0.05, 0.1) is 6.20 Å². The normalized spacial score (nSPS) is 15.0. The van der Waals surface area contributed by atoms with Gasteiger partial charge in [0.1, 0.15) is 6.04 Å². The fourth-order valence-corrected chi connectivity index (χ4v) is 3.45. The van der Waals surface area contributed by atoms with Crippen molar-refractivity contribution >= 4 is 36.4 Å². The van der Waals surface area contributed by atoms with Crippen LogP contribution in [0.15, 0.2) is 30.6 Å². The highest BCUT2D eigenvalue weighted by Crippen LogP contribution is 2.24. The summed E-state index contributed by atoms with van der Waals surface area (Å²) < 4.78 is 1.73. The first-order valence-corrected chi connectivity index (χ1v) is 8.77. The summed E-state index contributed by atoms with van der Waals surface area (Å²) in [4.78, 5) is 17.2. The number of aryl methyl sites for hydroxylation is 2. The Hall–Kier alpha value is -1.76. The minimum Gasteiger partial charge on any atom is -0.368 e. The van der Waals surface area contributed by atoms with Gasteiger partial charge in [0.25, 0.3) is 0 Å². The molecular formula is C19H29Cl2N5O. The van der Waals surface area contributed by atoms with Crippen LogP contribution in [-0.4, -0.2) is 53.8 Å². The number of hydrogen-bond acceptors (Lipinski definition) is 4. The Balaban J connectivity index is 0.00000182. The van der Waals surface area contributed by atoms with Crippen LogP contribution in [0, 0.1) is 13.8 Å². The number of carbonyl (C=O) groups excluding carboxylic acids is 1. The third kappa shape index (κ3) is 4.94. The minimum absolute atomic E-state index is 0. The molecule has 3 rings (SSSR count). The zero-order valence-electron chi connectivity index (χ0n) is 16.3. The van der Waals surface area contributed by atoms with E-state index in [0.717, 1.165) is 31.7 Å². The first-order valence-electron chi connectivity index (χ1n) is 8.77. The third-order valence-corrected chi connectivity index (χ3v) is 5.10. The molecule has 1 fully saturated rings. The van der Waals surface area contributed by atoms with E-state index in [1.54, 1.807) is 10.9 Å². The van der Waals surface area contributed by atoms with Crippen LogP contribution in [0.3, 0.4) is 0 Å². The number of nitrogens with zero attached hydrogens (tertiary/aromatic N) is 4. The van der Waals surface area contributed by atoms with Crippen molar-refractivity contribution in [1.29, 1.82) is 0 Å². The quantitative estimate of drug-likeness (QED) is 0.836. The second kappa shape index (κ2) is 9.97. The van der Waals surface area contributed by atoms with Gasteiger partial charge in [0.2, 0.25) is 5.91 Å². The van der Waals surface area contributed by atoms with Crippen molar-refractivity contribution in [3.05, 3.63) is 47.3 Å². The maximum Gasteiger partial charge on any atom is 0.244 e. The van der Waals surface area contributed by atoms with E-state index in [4.69, 9.17) is 0 Å². The van der Waals surface area contributed by atoms with Gasteiger partial charge in [-0.1, -0.05) is 12.1 Å². The second-order valence-corrected chi connectivity index (χ2v) is 6.70. The lowest BCUT2D eigenvalue weighted by molar-refractivity contribution is -0.133. The van der Waals surface area contributed by atoms with Gasteiger partial charge in [-0.3, -0.25) is 9.48 Å². The van der Waals surface area contributed by atoms with E-state index in [0.29, 0.717) is 0 Å². The Kier molecular flexibility index (Phi) is 8.59. The number of nitrogens with one attached hydrogen (secondary N) is 1. The summed E-state index contributed by atoms with van der Waals surface area (Å²) in [7, 11) is 3.69. The molecule has 150 valence electrons. The minimum atomic E-state index is -0.332. The maximum atomic E-state index is 12.9.